The summed E-state index contributed by atoms with van der Waals surface area (Å²) in [5.74, 6) is -1.01. The number of anilines is 1. The Morgan fingerprint density at radius 3 is 2.50 bits per heavy atom. The lowest BCUT2D eigenvalue weighted by molar-refractivity contribution is -0.137. The number of benzene rings is 1. The molecule has 0 bridgehead atoms. The van der Waals surface area contributed by atoms with Crippen LogP contribution in [0.5, 0.6) is 0 Å². The smallest absolute Gasteiger partial charge is 0.304 e. The van der Waals surface area contributed by atoms with E-state index in [1.165, 1.54) is 0 Å². The van der Waals surface area contributed by atoms with Gasteiger partial charge in [-0.05, 0) is 26.1 Å². The summed E-state index contributed by atoms with van der Waals surface area (Å²) in [5.41, 5.74) is 0.737. The van der Waals surface area contributed by atoms with Gasteiger partial charge in [0.1, 0.15) is 0 Å². The van der Waals surface area contributed by atoms with Gasteiger partial charge in [-0.2, -0.15) is 0 Å². The van der Waals surface area contributed by atoms with Crippen molar-refractivity contribution < 1.29 is 14.7 Å². The molecule has 2 N–H and O–H groups in total. The highest BCUT2D eigenvalue weighted by Gasteiger charge is 2.18. The van der Waals surface area contributed by atoms with E-state index in [9.17, 15) is 9.59 Å². The molecule has 1 aromatic carbocycles. The summed E-state index contributed by atoms with van der Waals surface area (Å²) in [6.07, 6.45) is 0.0272. The number of likely N-dealkylation sites (N-methyl/N-ethyl adjacent to an activating group) is 1. The van der Waals surface area contributed by atoms with Gasteiger partial charge in [-0.15, -0.1) is 0 Å². The van der Waals surface area contributed by atoms with E-state index >= 15 is 0 Å². The predicted molar refractivity (Wildman–Crippen MR) is 69.4 cm³/mol. The molecule has 18 heavy (non-hydrogen) atoms. The van der Waals surface area contributed by atoms with Crippen LogP contribution in [0.3, 0.4) is 0 Å². The van der Waals surface area contributed by atoms with Crippen molar-refractivity contribution in [1.29, 1.82) is 0 Å². The summed E-state index contributed by atoms with van der Waals surface area (Å²) in [7, 11) is 1.73. The second-order valence-corrected chi connectivity index (χ2v) is 4.16. The molecule has 0 aliphatic heterocycles. The van der Waals surface area contributed by atoms with Crippen LogP contribution in [-0.4, -0.2) is 41.5 Å². The summed E-state index contributed by atoms with van der Waals surface area (Å²) in [5, 5.41) is 11.4. The topological polar surface area (TPSA) is 69.6 Å². The average molecular weight is 250 g/mol. The van der Waals surface area contributed by atoms with Crippen LogP contribution in [0.1, 0.15) is 13.3 Å². The number of nitrogens with zero attached hydrogens (tertiary/aromatic N) is 1. The average Bonchev–Trinajstić information content (AvgIpc) is 2.36. The van der Waals surface area contributed by atoms with E-state index in [1.807, 2.05) is 30.3 Å². The van der Waals surface area contributed by atoms with E-state index in [0.717, 1.165) is 5.69 Å². The molecule has 0 aliphatic rings. The van der Waals surface area contributed by atoms with Gasteiger partial charge in [0, 0.05) is 12.2 Å². The first-order valence-electron chi connectivity index (χ1n) is 5.78. The Morgan fingerprint density at radius 1 is 1.33 bits per heavy atom. The van der Waals surface area contributed by atoms with Crippen molar-refractivity contribution in [3.63, 3.8) is 0 Å². The standard InChI is InChI=1S/C13H18N2O3/c1-10(15(2)9-8-12(16)17)13(18)14-11-6-4-3-5-7-11/h3-7,10H,8-9H2,1-2H3,(H,14,18)(H,16,17). The summed E-state index contributed by atoms with van der Waals surface area (Å²) >= 11 is 0. The van der Waals surface area contributed by atoms with Gasteiger partial charge in [0.05, 0.1) is 12.5 Å². The van der Waals surface area contributed by atoms with Crippen LogP contribution in [0.15, 0.2) is 30.3 Å². The summed E-state index contributed by atoms with van der Waals surface area (Å²) in [6, 6.07) is 8.80. The van der Waals surface area contributed by atoms with Gasteiger partial charge in [0.25, 0.3) is 0 Å². The first-order valence-corrected chi connectivity index (χ1v) is 5.78. The first kappa shape index (κ1) is 14.2. The number of nitrogens with one attached hydrogen (secondary N) is 1. The van der Waals surface area contributed by atoms with Crippen LogP contribution >= 0.6 is 0 Å². The van der Waals surface area contributed by atoms with Crippen LogP contribution in [0.25, 0.3) is 0 Å². The molecule has 1 aromatic rings. The van der Waals surface area contributed by atoms with Gasteiger partial charge < -0.3 is 10.4 Å². The maximum Gasteiger partial charge on any atom is 0.304 e. The Labute approximate surface area is 106 Å². The second kappa shape index (κ2) is 6.76. The molecular formula is C13H18N2O3. The minimum Gasteiger partial charge on any atom is -0.481 e. The predicted octanol–water partition coefficient (Wildman–Crippen LogP) is 1.42. The number of carbonyl (C=O) groups is 2. The molecule has 0 aliphatic carbocycles. The number of hydrogen-bond donors (Lipinski definition) is 2. The maximum atomic E-state index is 11.9. The van der Waals surface area contributed by atoms with Gasteiger partial charge in [-0.1, -0.05) is 18.2 Å². The van der Waals surface area contributed by atoms with E-state index in [1.54, 1.807) is 18.9 Å². The third-order valence-corrected chi connectivity index (χ3v) is 2.76. The number of amides is 1. The van der Waals surface area contributed by atoms with E-state index in [-0.39, 0.29) is 18.4 Å². The molecule has 5 nitrogen and oxygen atoms in total. The number of carboxylic acid groups (broad SMARTS) is 1. The van der Waals surface area contributed by atoms with Crippen LogP contribution in [0.4, 0.5) is 5.69 Å². The fourth-order valence-corrected chi connectivity index (χ4v) is 1.43. The van der Waals surface area contributed by atoms with Crippen molar-refractivity contribution in [2.75, 3.05) is 18.9 Å². The summed E-state index contributed by atoms with van der Waals surface area (Å²) in [4.78, 5) is 24.1. The largest absolute Gasteiger partial charge is 0.481 e. The van der Waals surface area contributed by atoms with E-state index < -0.39 is 5.97 Å². The van der Waals surface area contributed by atoms with Gasteiger partial charge in [0.15, 0.2) is 0 Å². The zero-order valence-corrected chi connectivity index (χ0v) is 10.6. The maximum absolute atomic E-state index is 11.9. The van der Waals surface area contributed by atoms with Crippen LogP contribution in [0, 0.1) is 0 Å². The van der Waals surface area contributed by atoms with Gasteiger partial charge in [0.2, 0.25) is 5.91 Å². The number of para-hydroxylation sites is 1. The van der Waals surface area contributed by atoms with Crippen molar-refractivity contribution in [2.45, 2.75) is 19.4 Å². The van der Waals surface area contributed by atoms with Crippen molar-refractivity contribution in [1.82, 2.24) is 4.90 Å². The van der Waals surface area contributed by atoms with Crippen molar-refractivity contribution in [3.05, 3.63) is 30.3 Å². The molecule has 0 aromatic heterocycles. The quantitative estimate of drug-likeness (QED) is 0.801. The Kier molecular flexibility index (Phi) is 5.32. The van der Waals surface area contributed by atoms with Gasteiger partial charge >= 0.3 is 5.97 Å². The fourth-order valence-electron chi connectivity index (χ4n) is 1.43. The molecular weight excluding hydrogens is 232 g/mol. The van der Waals surface area contributed by atoms with Crippen LogP contribution in [0.2, 0.25) is 0 Å². The lowest BCUT2D eigenvalue weighted by Gasteiger charge is -2.23. The normalized spacial score (nSPS) is 12.2. The zero-order chi connectivity index (χ0) is 13.5. The minimum atomic E-state index is -0.863. The van der Waals surface area contributed by atoms with Crippen molar-refractivity contribution in [3.8, 4) is 0 Å². The van der Waals surface area contributed by atoms with E-state index in [0.29, 0.717) is 6.54 Å². The van der Waals surface area contributed by atoms with Crippen LogP contribution < -0.4 is 5.32 Å². The monoisotopic (exact) mass is 250 g/mol. The zero-order valence-electron chi connectivity index (χ0n) is 10.6. The third-order valence-electron chi connectivity index (χ3n) is 2.76. The molecule has 1 rings (SSSR count). The number of aliphatic carboxylic acids is 1. The lowest BCUT2D eigenvalue weighted by Crippen LogP contribution is -2.40. The SMILES string of the molecule is CC(C(=O)Nc1ccccc1)N(C)CCC(=O)O. The van der Waals surface area contributed by atoms with Crippen molar-refractivity contribution in [2.24, 2.45) is 0 Å². The third kappa shape index (κ3) is 4.55. The molecule has 1 unspecified atom stereocenters. The molecule has 0 spiro atoms. The number of hydrogen-bond acceptors (Lipinski definition) is 3. The molecule has 0 saturated carbocycles. The molecule has 98 valence electrons. The number of carboxylic acids is 1. The molecule has 1 atom stereocenters. The second-order valence-electron chi connectivity index (χ2n) is 4.16. The molecule has 0 heterocycles. The molecule has 5 heteroatoms. The first-order chi connectivity index (χ1) is 8.50. The minimum absolute atomic E-state index is 0.0272. The highest BCUT2D eigenvalue weighted by atomic mass is 16.4. The molecule has 0 radical (unpaired) electrons. The Morgan fingerprint density at radius 2 is 1.94 bits per heavy atom. The fraction of sp³-hybridized carbons (Fsp3) is 0.385. The summed E-state index contributed by atoms with van der Waals surface area (Å²) < 4.78 is 0. The van der Waals surface area contributed by atoms with E-state index in [2.05, 4.69) is 5.32 Å². The summed E-state index contributed by atoms with van der Waals surface area (Å²) in [6.45, 7) is 2.10. The van der Waals surface area contributed by atoms with E-state index in [4.69, 9.17) is 5.11 Å². The van der Waals surface area contributed by atoms with Crippen LogP contribution in [-0.2, 0) is 9.59 Å². The highest BCUT2D eigenvalue weighted by Crippen LogP contribution is 2.07. The molecule has 1 amide bonds. The lowest BCUT2D eigenvalue weighted by atomic mass is 10.2. The van der Waals surface area contributed by atoms with Gasteiger partial charge in [-0.25, -0.2) is 0 Å². The van der Waals surface area contributed by atoms with Gasteiger partial charge in [-0.3, -0.25) is 14.5 Å². The molecule has 0 fully saturated rings. The van der Waals surface area contributed by atoms with Crippen molar-refractivity contribution >= 4 is 17.6 Å². The highest BCUT2D eigenvalue weighted by molar-refractivity contribution is 5.94. The Hall–Kier alpha value is -1.88. The number of carbonyl (C=O) groups excluding carboxylic acids is 1. The molecule has 0 saturated heterocycles. The number of rotatable bonds is 6. The Balaban J connectivity index is 2.48. The Bertz CT molecular complexity index is 406.